The molecule has 4 nitrogen and oxygen atoms in total. The van der Waals surface area contributed by atoms with E-state index in [0.717, 1.165) is 15.5 Å². The molecule has 16 heavy (non-hydrogen) atoms. The third-order valence-corrected chi connectivity index (χ3v) is 3.13. The van der Waals surface area contributed by atoms with Crippen molar-refractivity contribution in [1.29, 1.82) is 0 Å². The van der Waals surface area contributed by atoms with Gasteiger partial charge >= 0.3 is 0 Å². The van der Waals surface area contributed by atoms with Crippen LogP contribution in [0.15, 0.2) is 40.6 Å². The fourth-order valence-corrected chi connectivity index (χ4v) is 2.37. The van der Waals surface area contributed by atoms with Crippen molar-refractivity contribution in [3.05, 3.63) is 36.3 Å². The smallest absolute Gasteiger partial charge is 0.107 e. The van der Waals surface area contributed by atoms with Gasteiger partial charge in [-0.3, -0.25) is 4.68 Å². The molecule has 0 bridgehead atoms. The number of aryl methyl sites for hydroxylation is 1. The molecule has 0 saturated heterocycles. The quantitative estimate of drug-likeness (QED) is 0.884. The van der Waals surface area contributed by atoms with Crippen molar-refractivity contribution in [3.63, 3.8) is 0 Å². The predicted octanol–water partition coefficient (Wildman–Crippen LogP) is 2.02. The van der Waals surface area contributed by atoms with Crippen LogP contribution in [0.2, 0.25) is 0 Å². The zero-order valence-electron chi connectivity index (χ0n) is 9.16. The fraction of sp³-hybridized carbons (Fsp3) is 0.273. The van der Waals surface area contributed by atoms with Gasteiger partial charge in [0.05, 0.1) is 17.2 Å². The first-order chi connectivity index (χ1) is 7.66. The van der Waals surface area contributed by atoms with Crippen molar-refractivity contribution >= 4 is 11.8 Å². The first kappa shape index (κ1) is 11.2. The Hall–Kier alpha value is -1.33. The molecular formula is C11H13N3OS. The van der Waals surface area contributed by atoms with Crippen LogP contribution in [0.4, 0.5) is 0 Å². The number of aliphatic hydroxyl groups excluding tert-OH is 1. The van der Waals surface area contributed by atoms with Crippen LogP contribution in [0.3, 0.4) is 0 Å². The number of nitrogens with zero attached hydrogens (tertiary/aromatic N) is 3. The molecule has 0 aromatic carbocycles. The van der Waals surface area contributed by atoms with Gasteiger partial charge in [-0.05, 0) is 13.0 Å². The largest absolute Gasteiger partial charge is 0.389 e. The molecule has 2 aromatic rings. The Morgan fingerprint density at radius 3 is 2.94 bits per heavy atom. The molecule has 0 aliphatic heterocycles. The maximum atomic E-state index is 9.61. The number of aliphatic hydroxyl groups is 1. The average Bonchev–Trinajstić information content (AvgIpc) is 2.64. The number of aromatic nitrogens is 3. The highest BCUT2D eigenvalue weighted by Gasteiger charge is 2.10. The van der Waals surface area contributed by atoms with Crippen LogP contribution in [0.1, 0.15) is 18.6 Å². The van der Waals surface area contributed by atoms with E-state index in [4.69, 9.17) is 0 Å². The Kier molecular flexibility index (Phi) is 3.26. The van der Waals surface area contributed by atoms with Gasteiger partial charge in [0.15, 0.2) is 0 Å². The monoisotopic (exact) mass is 235 g/mol. The fourth-order valence-electron chi connectivity index (χ4n) is 1.37. The predicted molar refractivity (Wildman–Crippen MR) is 62.2 cm³/mol. The number of rotatable bonds is 3. The molecule has 0 fully saturated rings. The van der Waals surface area contributed by atoms with Crippen LogP contribution >= 0.6 is 11.8 Å². The highest BCUT2D eigenvalue weighted by molar-refractivity contribution is 7.99. The molecule has 2 rings (SSSR count). The van der Waals surface area contributed by atoms with Crippen LogP contribution in [-0.2, 0) is 7.05 Å². The molecule has 0 aliphatic carbocycles. The van der Waals surface area contributed by atoms with Gasteiger partial charge in [-0.25, -0.2) is 4.98 Å². The highest BCUT2D eigenvalue weighted by atomic mass is 32.2. The van der Waals surface area contributed by atoms with Gasteiger partial charge in [-0.2, -0.15) is 5.10 Å². The molecule has 1 atom stereocenters. The molecule has 0 radical (unpaired) electrons. The Bertz CT molecular complexity index is 482. The van der Waals surface area contributed by atoms with Gasteiger partial charge in [-0.15, -0.1) is 0 Å². The summed E-state index contributed by atoms with van der Waals surface area (Å²) in [7, 11) is 1.87. The summed E-state index contributed by atoms with van der Waals surface area (Å²) in [6, 6.07) is 3.71. The summed E-state index contributed by atoms with van der Waals surface area (Å²) in [5.41, 5.74) is 0.844. The summed E-state index contributed by atoms with van der Waals surface area (Å²) in [5.74, 6) is 0. The SMILES string of the molecule is C[C@@H](O)c1cccnc1Sc1cnn(C)c1. The van der Waals surface area contributed by atoms with Gasteiger partial charge in [0, 0.05) is 25.0 Å². The van der Waals surface area contributed by atoms with Crippen LogP contribution in [0.5, 0.6) is 0 Å². The number of pyridine rings is 1. The van der Waals surface area contributed by atoms with Gasteiger partial charge in [0.25, 0.3) is 0 Å². The second kappa shape index (κ2) is 4.67. The van der Waals surface area contributed by atoms with Crippen molar-refractivity contribution < 1.29 is 5.11 Å². The zero-order valence-corrected chi connectivity index (χ0v) is 9.98. The van der Waals surface area contributed by atoms with E-state index >= 15 is 0 Å². The summed E-state index contributed by atoms with van der Waals surface area (Å²) in [6.07, 6.45) is 4.92. The van der Waals surface area contributed by atoms with E-state index in [2.05, 4.69) is 10.1 Å². The van der Waals surface area contributed by atoms with Crippen molar-refractivity contribution in [3.8, 4) is 0 Å². The molecule has 2 heterocycles. The lowest BCUT2D eigenvalue weighted by atomic mass is 10.2. The minimum absolute atomic E-state index is 0.507. The maximum Gasteiger partial charge on any atom is 0.107 e. The summed E-state index contributed by atoms with van der Waals surface area (Å²) in [5, 5.41) is 14.5. The molecule has 0 aliphatic rings. The van der Waals surface area contributed by atoms with Crippen molar-refractivity contribution in [1.82, 2.24) is 14.8 Å². The molecule has 1 N–H and O–H groups in total. The van der Waals surface area contributed by atoms with Gasteiger partial charge < -0.3 is 5.11 Å². The minimum atomic E-state index is -0.507. The second-order valence-corrected chi connectivity index (χ2v) is 4.59. The third-order valence-electron chi connectivity index (χ3n) is 2.15. The maximum absolute atomic E-state index is 9.61. The minimum Gasteiger partial charge on any atom is -0.389 e. The summed E-state index contributed by atoms with van der Waals surface area (Å²) in [4.78, 5) is 5.29. The normalized spacial score (nSPS) is 12.7. The average molecular weight is 235 g/mol. The second-order valence-electron chi connectivity index (χ2n) is 3.53. The third kappa shape index (κ3) is 2.43. The number of hydrogen-bond acceptors (Lipinski definition) is 4. The van der Waals surface area contributed by atoms with Crippen LogP contribution in [0.25, 0.3) is 0 Å². The lowest BCUT2D eigenvalue weighted by molar-refractivity contribution is 0.195. The Morgan fingerprint density at radius 2 is 2.31 bits per heavy atom. The lowest BCUT2D eigenvalue weighted by Gasteiger charge is -2.08. The molecule has 2 aromatic heterocycles. The number of hydrogen-bond donors (Lipinski definition) is 1. The van der Waals surface area contributed by atoms with Gasteiger partial charge in [-0.1, -0.05) is 17.8 Å². The molecule has 0 spiro atoms. The van der Waals surface area contributed by atoms with Crippen molar-refractivity contribution in [2.24, 2.45) is 7.05 Å². The van der Waals surface area contributed by atoms with Crippen molar-refractivity contribution in [2.45, 2.75) is 22.9 Å². The molecule has 84 valence electrons. The first-order valence-electron chi connectivity index (χ1n) is 4.96. The Balaban J connectivity index is 2.27. The Morgan fingerprint density at radius 1 is 1.50 bits per heavy atom. The molecule has 5 heteroatoms. The molecule has 0 amide bonds. The van der Waals surface area contributed by atoms with E-state index in [1.807, 2.05) is 25.4 Å². The summed E-state index contributed by atoms with van der Waals surface area (Å²) < 4.78 is 1.74. The molecule has 0 unspecified atom stereocenters. The summed E-state index contributed by atoms with van der Waals surface area (Å²) >= 11 is 1.51. The molecule has 0 saturated carbocycles. The van der Waals surface area contributed by atoms with Crippen LogP contribution < -0.4 is 0 Å². The van der Waals surface area contributed by atoms with E-state index in [1.165, 1.54) is 11.8 Å². The highest BCUT2D eigenvalue weighted by Crippen LogP contribution is 2.30. The van der Waals surface area contributed by atoms with E-state index in [1.54, 1.807) is 24.0 Å². The zero-order chi connectivity index (χ0) is 11.5. The van der Waals surface area contributed by atoms with E-state index in [-0.39, 0.29) is 0 Å². The van der Waals surface area contributed by atoms with Crippen LogP contribution in [0, 0.1) is 0 Å². The lowest BCUT2D eigenvalue weighted by Crippen LogP contribution is -1.95. The molecular weight excluding hydrogens is 222 g/mol. The van der Waals surface area contributed by atoms with Crippen molar-refractivity contribution in [2.75, 3.05) is 0 Å². The topological polar surface area (TPSA) is 50.9 Å². The van der Waals surface area contributed by atoms with Gasteiger partial charge in [0.2, 0.25) is 0 Å². The summed E-state index contributed by atoms with van der Waals surface area (Å²) in [6.45, 7) is 1.74. The van der Waals surface area contributed by atoms with E-state index in [9.17, 15) is 5.11 Å². The van der Waals surface area contributed by atoms with E-state index in [0.29, 0.717) is 0 Å². The van der Waals surface area contributed by atoms with Crippen LogP contribution in [-0.4, -0.2) is 19.9 Å². The first-order valence-corrected chi connectivity index (χ1v) is 5.78. The Labute approximate surface area is 98.3 Å². The standard InChI is InChI=1S/C11H13N3OS/c1-8(15)10-4-3-5-12-11(10)16-9-6-13-14(2)7-9/h3-8,15H,1-2H3/t8-/m1/s1. The van der Waals surface area contributed by atoms with Gasteiger partial charge in [0.1, 0.15) is 5.03 Å². The van der Waals surface area contributed by atoms with E-state index < -0.39 is 6.10 Å².